The fraction of sp³-hybridized carbons (Fsp3) is 1.00. The molecule has 1 fully saturated rings. The zero-order valence-electron chi connectivity index (χ0n) is 11.6. The maximum absolute atomic E-state index is 9.18. The van der Waals surface area contributed by atoms with Crippen molar-refractivity contribution < 1.29 is 5.11 Å². The minimum atomic E-state index is 0.301. The van der Waals surface area contributed by atoms with Gasteiger partial charge in [-0.1, -0.05) is 20.3 Å². The van der Waals surface area contributed by atoms with E-state index in [9.17, 15) is 5.11 Å². The molecule has 1 unspecified atom stereocenters. The number of rotatable bonds is 7. The predicted molar refractivity (Wildman–Crippen MR) is 72.9 cm³/mol. The summed E-state index contributed by atoms with van der Waals surface area (Å²) in [6, 6.07) is 0. The van der Waals surface area contributed by atoms with Crippen LogP contribution < -0.4 is 5.73 Å². The van der Waals surface area contributed by atoms with Gasteiger partial charge in [-0.2, -0.15) is 0 Å². The Kier molecular flexibility index (Phi) is 6.45. The van der Waals surface area contributed by atoms with Crippen LogP contribution in [0.1, 0.15) is 46.0 Å². The van der Waals surface area contributed by atoms with Crippen molar-refractivity contribution in [1.29, 1.82) is 0 Å². The van der Waals surface area contributed by atoms with E-state index in [4.69, 9.17) is 5.73 Å². The van der Waals surface area contributed by atoms with Crippen molar-refractivity contribution in [3.63, 3.8) is 0 Å². The summed E-state index contributed by atoms with van der Waals surface area (Å²) in [7, 11) is 0. The van der Waals surface area contributed by atoms with Crippen molar-refractivity contribution in [2.45, 2.75) is 46.0 Å². The Bertz CT molecular complexity index is 206. The van der Waals surface area contributed by atoms with Crippen LogP contribution >= 0.6 is 0 Å². The summed E-state index contributed by atoms with van der Waals surface area (Å²) in [4.78, 5) is 2.51. The van der Waals surface area contributed by atoms with Gasteiger partial charge in [-0.15, -0.1) is 0 Å². The van der Waals surface area contributed by atoms with Crippen molar-refractivity contribution in [2.75, 3.05) is 32.8 Å². The average molecular weight is 242 g/mol. The number of likely N-dealkylation sites (tertiary alicyclic amines) is 1. The second-order valence-corrected chi connectivity index (χ2v) is 6.32. The molecule has 17 heavy (non-hydrogen) atoms. The second kappa shape index (κ2) is 7.34. The van der Waals surface area contributed by atoms with Gasteiger partial charge < -0.3 is 15.7 Å². The number of nitrogens with zero attached hydrogens (tertiary/aromatic N) is 1. The van der Waals surface area contributed by atoms with E-state index in [1.54, 1.807) is 0 Å². The highest BCUT2D eigenvalue weighted by Crippen LogP contribution is 2.22. The Labute approximate surface area is 106 Å². The van der Waals surface area contributed by atoms with Crippen LogP contribution in [-0.4, -0.2) is 42.8 Å². The molecule has 0 spiro atoms. The van der Waals surface area contributed by atoms with Gasteiger partial charge in [0.15, 0.2) is 0 Å². The molecule has 102 valence electrons. The first-order valence-electron chi connectivity index (χ1n) is 7.11. The van der Waals surface area contributed by atoms with E-state index in [1.165, 1.54) is 45.2 Å². The molecule has 1 atom stereocenters. The van der Waals surface area contributed by atoms with Crippen molar-refractivity contribution in [2.24, 2.45) is 17.1 Å². The third-order valence-electron chi connectivity index (χ3n) is 3.99. The Morgan fingerprint density at radius 3 is 2.76 bits per heavy atom. The first-order valence-corrected chi connectivity index (χ1v) is 7.11. The molecule has 0 aromatic rings. The molecule has 3 N–H and O–H groups in total. The molecule has 0 bridgehead atoms. The molecule has 0 aliphatic carbocycles. The Balaban J connectivity index is 2.10. The van der Waals surface area contributed by atoms with E-state index in [-0.39, 0.29) is 0 Å². The summed E-state index contributed by atoms with van der Waals surface area (Å²) in [5, 5.41) is 9.18. The van der Waals surface area contributed by atoms with Gasteiger partial charge in [0.1, 0.15) is 0 Å². The molecule has 1 heterocycles. The number of aliphatic hydroxyl groups excluding tert-OH is 1. The topological polar surface area (TPSA) is 49.5 Å². The average Bonchev–Trinajstić information content (AvgIpc) is 2.35. The number of piperidine rings is 1. The van der Waals surface area contributed by atoms with Crippen molar-refractivity contribution in [3.8, 4) is 0 Å². The van der Waals surface area contributed by atoms with Gasteiger partial charge in [0, 0.05) is 13.2 Å². The van der Waals surface area contributed by atoms with Crippen LogP contribution in [0.25, 0.3) is 0 Å². The van der Waals surface area contributed by atoms with Gasteiger partial charge in [0.2, 0.25) is 0 Å². The third-order valence-corrected chi connectivity index (χ3v) is 3.99. The van der Waals surface area contributed by atoms with Gasteiger partial charge in [-0.3, -0.25) is 0 Å². The van der Waals surface area contributed by atoms with Gasteiger partial charge in [-0.25, -0.2) is 0 Å². The summed E-state index contributed by atoms with van der Waals surface area (Å²) in [6.07, 6.45) is 6.21. The van der Waals surface area contributed by atoms with Crippen LogP contribution in [0.2, 0.25) is 0 Å². The molecule has 0 radical (unpaired) electrons. The lowest BCUT2D eigenvalue weighted by Gasteiger charge is -2.32. The van der Waals surface area contributed by atoms with Gasteiger partial charge in [0.25, 0.3) is 0 Å². The molecule has 0 saturated carbocycles. The van der Waals surface area contributed by atoms with Gasteiger partial charge in [0.05, 0.1) is 0 Å². The zero-order chi connectivity index (χ0) is 12.7. The van der Waals surface area contributed by atoms with Gasteiger partial charge >= 0.3 is 0 Å². The molecule has 0 aromatic carbocycles. The number of hydrogen-bond donors (Lipinski definition) is 2. The van der Waals surface area contributed by atoms with Crippen LogP contribution in [0, 0.1) is 11.3 Å². The number of nitrogens with two attached hydrogens (primary N) is 1. The van der Waals surface area contributed by atoms with Crippen molar-refractivity contribution >= 4 is 0 Å². The highest BCUT2D eigenvalue weighted by atomic mass is 16.3. The van der Waals surface area contributed by atoms with E-state index >= 15 is 0 Å². The second-order valence-electron chi connectivity index (χ2n) is 6.32. The SMILES string of the molecule is CC(C)(CN)CCCCN1CCCC(CO)C1. The van der Waals surface area contributed by atoms with Crippen LogP contribution in [0.15, 0.2) is 0 Å². The summed E-state index contributed by atoms with van der Waals surface area (Å²) in [5.74, 6) is 0.518. The highest BCUT2D eigenvalue weighted by Gasteiger charge is 2.19. The molecule has 1 aliphatic rings. The minimum absolute atomic E-state index is 0.301. The van der Waals surface area contributed by atoms with Crippen LogP contribution in [-0.2, 0) is 0 Å². The van der Waals surface area contributed by atoms with Crippen molar-refractivity contribution in [1.82, 2.24) is 4.90 Å². The molecule has 1 aliphatic heterocycles. The lowest BCUT2D eigenvalue weighted by atomic mass is 9.87. The molecule has 3 heteroatoms. The van der Waals surface area contributed by atoms with E-state index in [0.717, 1.165) is 13.1 Å². The summed E-state index contributed by atoms with van der Waals surface area (Å²) in [6.45, 7) is 9.14. The van der Waals surface area contributed by atoms with E-state index < -0.39 is 0 Å². The molecule has 1 saturated heterocycles. The fourth-order valence-electron chi connectivity index (χ4n) is 2.54. The standard InChI is InChI=1S/C14H30N2O/c1-14(2,12-15)7-3-4-8-16-9-5-6-13(10-16)11-17/h13,17H,3-12,15H2,1-2H3. The van der Waals surface area contributed by atoms with Crippen molar-refractivity contribution in [3.05, 3.63) is 0 Å². The fourth-order valence-corrected chi connectivity index (χ4v) is 2.54. The predicted octanol–water partition coefficient (Wildman–Crippen LogP) is 1.85. The summed E-state index contributed by atoms with van der Waals surface area (Å²) >= 11 is 0. The first kappa shape index (κ1) is 14.9. The minimum Gasteiger partial charge on any atom is -0.396 e. The van der Waals surface area contributed by atoms with E-state index in [0.29, 0.717) is 17.9 Å². The Morgan fingerprint density at radius 2 is 2.12 bits per heavy atom. The molecule has 0 amide bonds. The lowest BCUT2D eigenvalue weighted by molar-refractivity contribution is 0.118. The third kappa shape index (κ3) is 5.84. The lowest BCUT2D eigenvalue weighted by Crippen LogP contribution is -2.37. The van der Waals surface area contributed by atoms with Gasteiger partial charge in [-0.05, 0) is 56.7 Å². The normalized spacial score (nSPS) is 22.9. The monoisotopic (exact) mass is 242 g/mol. The number of hydrogen-bond acceptors (Lipinski definition) is 3. The number of unbranched alkanes of at least 4 members (excludes halogenated alkanes) is 1. The number of aliphatic hydroxyl groups is 1. The molecule has 1 rings (SSSR count). The maximum atomic E-state index is 9.18. The largest absolute Gasteiger partial charge is 0.396 e. The zero-order valence-corrected chi connectivity index (χ0v) is 11.6. The molecular weight excluding hydrogens is 212 g/mol. The summed E-state index contributed by atoms with van der Waals surface area (Å²) in [5.41, 5.74) is 6.03. The smallest absolute Gasteiger partial charge is 0.0471 e. The molecule has 3 nitrogen and oxygen atoms in total. The van der Waals surface area contributed by atoms with E-state index in [1.807, 2.05) is 0 Å². The quantitative estimate of drug-likeness (QED) is 0.670. The van der Waals surface area contributed by atoms with Crippen LogP contribution in [0.4, 0.5) is 0 Å². The van der Waals surface area contributed by atoms with Crippen LogP contribution in [0.5, 0.6) is 0 Å². The summed E-state index contributed by atoms with van der Waals surface area (Å²) < 4.78 is 0. The molecular formula is C14H30N2O. The maximum Gasteiger partial charge on any atom is 0.0471 e. The first-order chi connectivity index (χ1) is 8.07. The molecule has 0 aromatic heterocycles. The Morgan fingerprint density at radius 1 is 1.35 bits per heavy atom. The Hall–Kier alpha value is -0.120. The highest BCUT2D eigenvalue weighted by molar-refractivity contribution is 4.73. The van der Waals surface area contributed by atoms with Crippen LogP contribution in [0.3, 0.4) is 0 Å². The van der Waals surface area contributed by atoms with E-state index in [2.05, 4.69) is 18.7 Å².